The average Bonchev–Trinajstić information content (AvgIpc) is 1.61. The zero-order valence-electron chi connectivity index (χ0n) is 61.2. The Bertz CT molecular complexity index is 3960. The number of para-hydroxylation sites is 1. The Morgan fingerprint density at radius 2 is 1.19 bits per heavy atom. The molecule has 0 saturated carbocycles. The number of thiol groups is 2. The number of unbranched alkanes of at least 4 members (excludes halogenated alkanes) is 1. The fourth-order valence-electron chi connectivity index (χ4n) is 12.9. The first-order valence-electron chi connectivity index (χ1n) is 36.2. The molecule has 0 bridgehead atoms. The molecule has 594 valence electrons. The van der Waals surface area contributed by atoms with Crippen molar-refractivity contribution in [3.63, 3.8) is 0 Å². The van der Waals surface area contributed by atoms with Gasteiger partial charge in [0.1, 0.15) is 48.9 Å². The molecule has 1 fully saturated rings. The molecule has 1 aliphatic heterocycles. The van der Waals surface area contributed by atoms with Crippen LogP contribution < -0.4 is 65.1 Å². The number of ketones is 2. The summed E-state index contributed by atoms with van der Waals surface area (Å²) >= 11 is 8.54. The molecule has 10 amide bonds. The summed E-state index contributed by atoms with van der Waals surface area (Å²) in [5, 5.41) is 59.1. The van der Waals surface area contributed by atoms with Crippen molar-refractivity contribution >= 4 is 131 Å². The molecule has 1 aliphatic carbocycles. The molecule has 2 aliphatic rings. The molecule has 3 aromatic carbocycles. The number of nitrogens with zero attached hydrogens (tertiary/aromatic N) is 1. The Morgan fingerprint density at radius 3 is 1.80 bits per heavy atom. The number of benzene rings is 3. The van der Waals surface area contributed by atoms with Gasteiger partial charge in [-0.2, -0.15) is 25.3 Å². The number of nitrogens with one attached hydrogen (secondary N) is 12. The van der Waals surface area contributed by atoms with Gasteiger partial charge in [0.05, 0.1) is 43.3 Å². The predicted octanol–water partition coefficient (Wildman–Crippen LogP) is 0.610. The summed E-state index contributed by atoms with van der Waals surface area (Å²) in [5.74, 6) is -16.4. The highest BCUT2D eigenvalue weighted by Crippen LogP contribution is 2.44. The van der Waals surface area contributed by atoms with Crippen LogP contribution in [0.15, 0.2) is 104 Å². The minimum atomic E-state index is -1.92. The molecule has 4 aromatic rings. The van der Waals surface area contributed by atoms with Crippen LogP contribution in [0.5, 0.6) is 0 Å². The normalized spacial score (nSPS) is 15.6. The maximum Gasteiger partial charge on any atom is 0.306 e. The molecule has 1 aromatic heterocycles. The number of amides is 10. The topological polar surface area (TPSA) is 542 Å². The molecule has 1 saturated heterocycles. The molecule has 11 atom stereocenters. The average molecular weight is 1560 g/mol. The van der Waals surface area contributed by atoms with E-state index in [9.17, 15) is 77.3 Å². The summed E-state index contributed by atoms with van der Waals surface area (Å²) in [6.07, 6.45) is 0.639. The highest BCUT2D eigenvalue weighted by atomic mass is 32.1. The number of carboxylic acids is 1. The number of aliphatic hydroxyl groups excluding tert-OH is 1. The largest absolute Gasteiger partial charge is 0.481 e. The Morgan fingerprint density at radius 1 is 0.627 bits per heavy atom. The van der Waals surface area contributed by atoms with Crippen LogP contribution in [0.2, 0.25) is 0 Å². The van der Waals surface area contributed by atoms with Crippen LogP contribution >= 0.6 is 25.3 Å². The second kappa shape index (κ2) is 43.9. The van der Waals surface area contributed by atoms with E-state index in [1.807, 2.05) is 66.7 Å². The number of aliphatic carboxylic acids is 1. The van der Waals surface area contributed by atoms with Crippen LogP contribution in [0.4, 0.5) is 0 Å². The summed E-state index contributed by atoms with van der Waals surface area (Å²) in [6.45, 7) is 7.40. The number of aliphatic hydroxyl groups is 1. The van der Waals surface area contributed by atoms with E-state index in [2.05, 4.69) is 91.3 Å². The summed E-state index contributed by atoms with van der Waals surface area (Å²) in [7, 11) is 0. The number of hydrogen-bond donors (Lipinski definition) is 19. The molecule has 6 rings (SSSR count). The van der Waals surface area contributed by atoms with E-state index < -0.39 is 181 Å². The van der Waals surface area contributed by atoms with Crippen molar-refractivity contribution < 1.29 is 82.1 Å². The van der Waals surface area contributed by atoms with E-state index in [4.69, 9.17) is 32.8 Å². The number of rotatable bonds is 48. The third-order valence-corrected chi connectivity index (χ3v) is 19.5. The number of allylic oxidation sites excluding steroid dienone is 1. The fourth-order valence-corrected chi connectivity index (χ4v) is 13.5. The highest BCUT2D eigenvalue weighted by molar-refractivity contribution is 7.80. The number of guanidine groups is 1. The lowest BCUT2D eigenvalue weighted by molar-refractivity contribution is -0.146. The van der Waals surface area contributed by atoms with E-state index >= 15 is 0 Å². The number of carboxylic acid groups (broad SMARTS) is 1. The van der Waals surface area contributed by atoms with Crippen molar-refractivity contribution in [3.8, 4) is 11.1 Å². The Labute approximate surface area is 646 Å². The first-order chi connectivity index (χ1) is 52.5. The van der Waals surface area contributed by atoms with Crippen LogP contribution in [0, 0.1) is 22.7 Å². The number of hydrogen-bond acceptors (Lipinski definition) is 20. The number of aromatic amines is 1. The molecular formula is C75H100N16O17S2. The number of fused-ring (bicyclic) bond motifs is 4. The van der Waals surface area contributed by atoms with Crippen molar-refractivity contribution in [1.29, 1.82) is 10.8 Å². The number of likely N-dealkylation sites (tertiary alicyclic amines) is 1. The van der Waals surface area contributed by atoms with Gasteiger partial charge in [0.25, 0.3) is 0 Å². The molecule has 2 heterocycles. The SMILES string of the molecule is C=CC[C@H](CC(=O)[C@H](CS)NC(=O)CCC(=O)OCC1c2ccccc2-c2ccccc21)C(=O)N[C@@H](CO)C(=O)N[C@@H](CC(=O)O)C(=O)N1CCCC1C(=O)N[C@@H](CCCNC(=N)N)C(=O)N[C@@H](CS)C(=O)N[C@@H](C)C(=O)C[C@@H](Cc1cc2ccccc2[nH]1)C(=O)N[C@@H](CCCCC(=N)N)C(=O)N[C@@H](CC=C)C(N)=O. The number of Topliss-reactive ketones (excluding diaryl/α,β-unsaturated/α-hetero) is 2. The molecule has 0 spiro atoms. The number of amidine groups is 1. The fraction of sp³-hybridized carbons (Fsp3) is 0.467. The monoisotopic (exact) mass is 1560 g/mol. The zero-order valence-corrected chi connectivity index (χ0v) is 62.9. The van der Waals surface area contributed by atoms with E-state index in [0.717, 1.165) is 38.1 Å². The standard InChI is InChI=1S/C75H100N16O17S2/c1-4-16-43(34-61(94)57(39-109)84-63(95)28-29-65(98)108-38-50-48-21-9-7-19-46(48)47-20-8-10-22-49(47)50)67(100)89-56(37-92)71(104)88-55(36-64(96)97)74(107)91-31-15-26-59(91)73(106)87-54(25-14-30-81-75(79)80)70(103)90-58(40-110)72(105)82-41(3)60(93)35-44(33-45-32-42-18-6-11-23-51(42)83-45)68(101)86-53(24-12-13-27-62(76)77)69(102)85-52(17-5-2)66(78)99/h4-11,18-23,32,41,43-44,50,52-59,83,92,109-110H,1-2,12-17,24-31,33-40H2,3H3,(H3,76,77)(H2,78,99)(H,82,105)(H,84,95)(H,85,102)(H,86,101)(H,87,106)(H,88,104)(H,89,100)(H,90,103)(H,96,97)(H4,79,80,81)/t41-,43+,44+,52-,53-,54-,55-,56-,57-,58-,59?/m0/s1. The van der Waals surface area contributed by atoms with Crippen molar-refractivity contribution in [2.45, 2.75) is 170 Å². The number of nitrogens with two attached hydrogens (primary N) is 3. The summed E-state index contributed by atoms with van der Waals surface area (Å²) in [6, 6.07) is 11.5. The number of aromatic nitrogens is 1. The van der Waals surface area contributed by atoms with Crippen LogP contribution in [0.25, 0.3) is 22.0 Å². The maximum absolute atomic E-state index is 14.4. The van der Waals surface area contributed by atoms with Crippen LogP contribution in [0.3, 0.4) is 0 Å². The van der Waals surface area contributed by atoms with E-state index in [0.29, 0.717) is 18.5 Å². The predicted molar refractivity (Wildman–Crippen MR) is 413 cm³/mol. The van der Waals surface area contributed by atoms with Gasteiger partial charge < -0.3 is 89.9 Å². The van der Waals surface area contributed by atoms with Gasteiger partial charge in [-0.15, -0.1) is 13.2 Å². The second-order valence-electron chi connectivity index (χ2n) is 27.0. The molecule has 0 radical (unpaired) electrons. The number of H-pyrrole nitrogens is 1. The number of esters is 1. The Hall–Kier alpha value is -10.9. The third-order valence-electron chi connectivity index (χ3n) is 18.8. The van der Waals surface area contributed by atoms with Gasteiger partial charge in [-0.25, -0.2) is 0 Å². The summed E-state index contributed by atoms with van der Waals surface area (Å²) < 4.78 is 5.61. The number of carbonyl (C=O) groups excluding carboxylic acids is 13. The summed E-state index contributed by atoms with van der Waals surface area (Å²) in [5.41, 5.74) is 21.9. The highest BCUT2D eigenvalue weighted by Gasteiger charge is 2.42. The number of ether oxygens (including phenoxy) is 1. The Kier molecular flexibility index (Phi) is 35.1. The van der Waals surface area contributed by atoms with Crippen LogP contribution in [-0.2, 0) is 78.3 Å². The first kappa shape index (κ1) is 88.0. The molecule has 1 unspecified atom stereocenters. The number of primary amides is 1. The van der Waals surface area contributed by atoms with Crippen molar-refractivity contribution in [2.24, 2.45) is 29.0 Å². The molecule has 20 N–H and O–H groups in total. The van der Waals surface area contributed by atoms with Gasteiger partial charge in [-0.05, 0) is 104 Å². The second-order valence-corrected chi connectivity index (χ2v) is 27.7. The summed E-state index contributed by atoms with van der Waals surface area (Å²) in [4.78, 5) is 196. The van der Waals surface area contributed by atoms with Gasteiger partial charge >= 0.3 is 11.9 Å². The maximum atomic E-state index is 14.4. The zero-order chi connectivity index (χ0) is 80.7. The lowest BCUT2D eigenvalue weighted by Crippen LogP contribution is -2.60. The molecule has 33 nitrogen and oxygen atoms in total. The van der Waals surface area contributed by atoms with Crippen molar-refractivity contribution in [3.05, 3.63) is 121 Å². The van der Waals surface area contributed by atoms with Crippen molar-refractivity contribution in [1.82, 2.24) is 57.7 Å². The van der Waals surface area contributed by atoms with Gasteiger partial charge in [0.2, 0.25) is 59.1 Å². The minimum Gasteiger partial charge on any atom is -0.481 e. The van der Waals surface area contributed by atoms with Crippen LogP contribution in [-0.4, -0.2) is 207 Å². The van der Waals surface area contributed by atoms with E-state index in [-0.39, 0.29) is 114 Å². The molecule has 35 heteroatoms. The van der Waals surface area contributed by atoms with E-state index in [1.165, 1.54) is 19.1 Å². The van der Waals surface area contributed by atoms with E-state index in [1.54, 1.807) is 12.1 Å². The van der Waals surface area contributed by atoms with Crippen molar-refractivity contribution in [2.75, 3.05) is 37.8 Å². The molecule has 110 heavy (non-hydrogen) atoms. The van der Waals surface area contributed by atoms with Gasteiger partial charge in [0, 0.05) is 73.3 Å². The van der Waals surface area contributed by atoms with Gasteiger partial charge in [0.15, 0.2) is 17.5 Å². The smallest absolute Gasteiger partial charge is 0.306 e. The van der Waals surface area contributed by atoms with Crippen LogP contribution in [0.1, 0.15) is 126 Å². The van der Waals surface area contributed by atoms with Gasteiger partial charge in [-0.3, -0.25) is 77.9 Å². The lowest BCUT2D eigenvalue weighted by Gasteiger charge is -2.30. The molecular weight excluding hydrogens is 1460 g/mol. The Balaban J connectivity index is 1.07. The lowest BCUT2D eigenvalue weighted by atomic mass is 9.92. The third kappa shape index (κ3) is 26.4. The van der Waals surface area contributed by atoms with Gasteiger partial charge in [-0.1, -0.05) is 85.3 Å². The first-order valence-corrected chi connectivity index (χ1v) is 37.4. The minimum absolute atomic E-state index is 0.0144. The number of carbonyl (C=O) groups is 14. The quantitative estimate of drug-likeness (QED) is 0.00719.